The first-order chi connectivity index (χ1) is 18.8. The zero-order valence-corrected chi connectivity index (χ0v) is 23.5. The molecule has 10 heteroatoms. The number of benzene rings is 3. The number of aryl methyl sites for hydroxylation is 2. The second-order valence-corrected chi connectivity index (χ2v) is 11.8. The minimum atomic E-state index is -3.76. The van der Waals surface area contributed by atoms with Gasteiger partial charge < -0.3 is 14.6 Å². The Balaban J connectivity index is 1.40. The summed E-state index contributed by atoms with van der Waals surface area (Å²) in [4.78, 5) is 9.27. The molecule has 8 nitrogen and oxygen atoms in total. The summed E-state index contributed by atoms with van der Waals surface area (Å²) >= 11 is 1.41. The van der Waals surface area contributed by atoms with Gasteiger partial charge in [-0.3, -0.25) is 0 Å². The van der Waals surface area contributed by atoms with Gasteiger partial charge in [0.25, 0.3) is 0 Å². The van der Waals surface area contributed by atoms with E-state index in [0.29, 0.717) is 23.0 Å². The molecule has 0 fully saturated rings. The standard InChI is InChI=1S/C29H29N5O3S2/c1-20-9-12-24(13-10-20)39(35,36)33-25(15-22-7-5-4-6-8-22)26-18-38-29(32-26)31-23-11-14-27(28(16-23)37-3)34-17-21(2)30-19-34/h4-14,16-19,25,33H,15H2,1-3H3,(H,31,32). The van der Waals surface area contributed by atoms with Gasteiger partial charge in [0.05, 0.1) is 41.4 Å². The van der Waals surface area contributed by atoms with Crippen LogP contribution in [0, 0.1) is 13.8 Å². The molecule has 3 aromatic carbocycles. The third-order valence-electron chi connectivity index (χ3n) is 6.21. The van der Waals surface area contributed by atoms with Crippen molar-refractivity contribution in [2.24, 2.45) is 0 Å². The Labute approximate surface area is 232 Å². The third-order valence-corrected chi connectivity index (χ3v) is 8.47. The summed E-state index contributed by atoms with van der Waals surface area (Å²) in [5.41, 5.74) is 5.23. The van der Waals surface area contributed by atoms with Crippen molar-refractivity contribution in [1.29, 1.82) is 0 Å². The normalized spacial score (nSPS) is 12.3. The molecule has 200 valence electrons. The highest BCUT2D eigenvalue weighted by Gasteiger charge is 2.24. The van der Waals surface area contributed by atoms with E-state index in [-0.39, 0.29) is 4.90 Å². The molecular weight excluding hydrogens is 530 g/mol. The molecule has 0 radical (unpaired) electrons. The maximum Gasteiger partial charge on any atom is 0.241 e. The molecule has 1 atom stereocenters. The number of thiazole rings is 1. The van der Waals surface area contributed by atoms with E-state index in [4.69, 9.17) is 9.72 Å². The summed E-state index contributed by atoms with van der Waals surface area (Å²) in [6.45, 7) is 3.86. The van der Waals surface area contributed by atoms with Crippen molar-refractivity contribution in [2.75, 3.05) is 12.4 Å². The highest BCUT2D eigenvalue weighted by molar-refractivity contribution is 7.89. The zero-order valence-electron chi connectivity index (χ0n) is 21.8. The summed E-state index contributed by atoms with van der Waals surface area (Å²) < 4.78 is 36.9. The fourth-order valence-corrected chi connectivity index (χ4v) is 6.17. The molecule has 2 heterocycles. The van der Waals surface area contributed by atoms with Gasteiger partial charge in [0.2, 0.25) is 10.0 Å². The van der Waals surface area contributed by atoms with Crippen LogP contribution >= 0.6 is 11.3 Å². The van der Waals surface area contributed by atoms with E-state index in [1.807, 2.05) is 78.5 Å². The minimum Gasteiger partial charge on any atom is -0.494 e. The monoisotopic (exact) mass is 559 g/mol. The Hall–Kier alpha value is -3.99. The fraction of sp³-hybridized carbons (Fsp3) is 0.172. The number of ether oxygens (including phenoxy) is 1. The third kappa shape index (κ3) is 6.36. The van der Waals surface area contributed by atoms with E-state index in [9.17, 15) is 8.42 Å². The first-order valence-corrected chi connectivity index (χ1v) is 14.7. The van der Waals surface area contributed by atoms with Crippen molar-refractivity contribution in [3.63, 3.8) is 0 Å². The van der Waals surface area contributed by atoms with Gasteiger partial charge >= 0.3 is 0 Å². The lowest BCUT2D eigenvalue weighted by Gasteiger charge is -2.17. The molecule has 0 bridgehead atoms. The van der Waals surface area contributed by atoms with Gasteiger partial charge in [0.1, 0.15) is 5.75 Å². The largest absolute Gasteiger partial charge is 0.494 e. The number of methoxy groups -OCH3 is 1. The van der Waals surface area contributed by atoms with E-state index in [1.54, 1.807) is 37.7 Å². The SMILES string of the molecule is COc1cc(Nc2nc(C(Cc3ccccc3)NS(=O)(=O)c3ccc(C)cc3)cs2)ccc1-n1cnc(C)c1. The number of sulfonamides is 1. The first kappa shape index (κ1) is 26.6. The van der Waals surface area contributed by atoms with Crippen LogP contribution in [0.15, 0.2) is 95.6 Å². The summed E-state index contributed by atoms with van der Waals surface area (Å²) in [5, 5.41) is 5.85. The molecule has 0 aliphatic carbocycles. The van der Waals surface area contributed by atoms with Crippen LogP contribution in [-0.2, 0) is 16.4 Å². The fourth-order valence-electron chi connectivity index (χ4n) is 4.18. The molecule has 0 aliphatic heterocycles. The van der Waals surface area contributed by atoms with Gasteiger partial charge in [0.15, 0.2) is 5.13 Å². The Morgan fingerprint density at radius 3 is 2.49 bits per heavy atom. The molecule has 2 N–H and O–H groups in total. The molecule has 5 aromatic rings. The maximum absolute atomic E-state index is 13.3. The summed E-state index contributed by atoms with van der Waals surface area (Å²) in [6.07, 6.45) is 4.14. The molecule has 5 rings (SSSR count). The smallest absolute Gasteiger partial charge is 0.241 e. The maximum atomic E-state index is 13.3. The van der Waals surface area contributed by atoms with Gasteiger partial charge in [-0.15, -0.1) is 11.3 Å². The van der Waals surface area contributed by atoms with Crippen LogP contribution in [0.3, 0.4) is 0 Å². The molecule has 1 unspecified atom stereocenters. The van der Waals surface area contributed by atoms with Crippen molar-refractivity contribution >= 4 is 32.2 Å². The Bertz CT molecular complexity index is 1660. The van der Waals surface area contributed by atoms with Crippen LogP contribution in [0.25, 0.3) is 5.69 Å². The second kappa shape index (κ2) is 11.4. The number of imidazole rings is 1. The van der Waals surface area contributed by atoms with Crippen LogP contribution in [-0.4, -0.2) is 30.1 Å². The summed E-state index contributed by atoms with van der Waals surface area (Å²) in [6, 6.07) is 21.8. The lowest BCUT2D eigenvalue weighted by molar-refractivity contribution is 0.413. The van der Waals surface area contributed by atoms with Crippen LogP contribution in [0.5, 0.6) is 5.75 Å². The summed E-state index contributed by atoms with van der Waals surface area (Å²) in [7, 11) is -2.14. The van der Waals surface area contributed by atoms with E-state index >= 15 is 0 Å². The average molecular weight is 560 g/mol. The topological polar surface area (TPSA) is 98.1 Å². The van der Waals surface area contributed by atoms with Crippen LogP contribution in [0.4, 0.5) is 10.8 Å². The minimum absolute atomic E-state index is 0.222. The van der Waals surface area contributed by atoms with Crippen molar-refractivity contribution in [2.45, 2.75) is 31.2 Å². The van der Waals surface area contributed by atoms with Gasteiger partial charge in [-0.25, -0.2) is 23.1 Å². The number of aromatic nitrogens is 3. The molecule has 39 heavy (non-hydrogen) atoms. The molecule has 0 saturated heterocycles. The zero-order chi connectivity index (χ0) is 27.4. The van der Waals surface area contributed by atoms with Gasteiger partial charge in [-0.1, -0.05) is 48.0 Å². The number of nitrogens with zero attached hydrogens (tertiary/aromatic N) is 3. The second-order valence-electron chi connectivity index (χ2n) is 9.19. The highest BCUT2D eigenvalue weighted by Crippen LogP contribution is 2.31. The lowest BCUT2D eigenvalue weighted by atomic mass is 10.1. The Morgan fingerprint density at radius 2 is 1.79 bits per heavy atom. The number of anilines is 2. The number of rotatable bonds is 10. The lowest BCUT2D eigenvalue weighted by Crippen LogP contribution is -2.30. The first-order valence-electron chi connectivity index (χ1n) is 12.3. The van der Waals surface area contributed by atoms with Crippen LogP contribution in [0.2, 0.25) is 0 Å². The van der Waals surface area contributed by atoms with Crippen LogP contribution in [0.1, 0.15) is 28.6 Å². The van der Waals surface area contributed by atoms with Gasteiger partial charge in [-0.05, 0) is 50.1 Å². The van der Waals surface area contributed by atoms with Gasteiger partial charge in [0, 0.05) is 23.3 Å². The van der Waals surface area contributed by atoms with Crippen molar-refractivity contribution in [3.05, 3.63) is 113 Å². The van der Waals surface area contributed by atoms with E-state index in [2.05, 4.69) is 15.0 Å². The van der Waals surface area contributed by atoms with E-state index in [0.717, 1.165) is 28.2 Å². The summed E-state index contributed by atoms with van der Waals surface area (Å²) in [5.74, 6) is 0.682. The highest BCUT2D eigenvalue weighted by atomic mass is 32.2. The van der Waals surface area contributed by atoms with Crippen molar-refractivity contribution < 1.29 is 13.2 Å². The predicted octanol–water partition coefficient (Wildman–Crippen LogP) is 5.96. The van der Waals surface area contributed by atoms with Gasteiger partial charge in [-0.2, -0.15) is 0 Å². The van der Waals surface area contributed by atoms with Crippen molar-refractivity contribution in [1.82, 2.24) is 19.3 Å². The molecule has 0 amide bonds. The molecule has 0 saturated carbocycles. The quantitative estimate of drug-likeness (QED) is 0.219. The number of hydrogen-bond acceptors (Lipinski definition) is 7. The molecule has 0 spiro atoms. The molecule has 2 aromatic heterocycles. The average Bonchev–Trinajstić information content (AvgIpc) is 3.58. The number of hydrogen-bond donors (Lipinski definition) is 2. The number of nitrogens with one attached hydrogen (secondary N) is 2. The van der Waals surface area contributed by atoms with Crippen molar-refractivity contribution in [3.8, 4) is 11.4 Å². The Morgan fingerprint density at radius 1 is 1.03 bits per heavy atom. The Kier molecular flexibility index (Phi) is 7.78. The van der Waals surface area contributed by atoms with E-state index in [1.165, 1.54) is 11.3 Å². The molecular formula is C29H29N5O3S2. The van der Waals surface area contributed by atoms with Crippen LogP contribution < -0.4 is 14.8 Å². The predicted molar refractivity (Wildman–Crippen MR) is 155 cm³/mol. The molecule has 0 aliphatic rings. The van der Waals surface area contributed by atoms with E-state index < -0.39 is 16.1 Å².